The van der Waals surface area contributed by atoms with Crippen molar-refractivity contribution >= 4 is 35.6 Å². The number of rotatable bonds is 6. The van der Waals surface area contributed by atoms with Crippen LogP contribution >= 0.6 is 0 Å². The van der Waals surface area contributed by atoms with Gasteiger partial charge < -0.3 is 29.9 Å². The minimum absolute atomic E-state index is 0.250. The average molecular weight is 404 g/mol. The summed E-state index contributed by atoms with van der Waals surface area (Å²) in [5, 5.41) is 30.9. The molecule has 0 saturated carbocycles. The third-order valence-corrected chi connectivity index (χ3v) is 1.69. The topological polar surface area (TPSA) is 202 Å². The minimum atomic E-state index is -1.32. The number of esters is 3. The standard InChI is InChI=1S/C9H8O7.C4H2O3.C2H6O.CH4O/c10-6(1-2-7(11)12)5-16-9(15)4-3-8(13)14;5-3-1-2-4(6)7-3;1-2-3;1-2/h1-4H,5H2,(H,11,12)(H,13,14);1-2H;3H,2H2,1H3;2H,1H3/b2-1+,4-3+;;;. The van der Waals surface area contributed by atoms with E-state index in [1.807, 2.05) is 0 Å². The molecule has 0 aliphatic carbocycles. The lowest BCUT2D eigenvalue weighted by molar-refractivity contribution is -0.150. The summed E-state index contributed by atoms with van der Waals surface area (Å²) in [4.78, 5) is 61.4. The van der Waals surface area contributed by atoms with Gasteiger partial charge in [0.15, 0.2) is 12.4 Å². The molecule has 0 aromatic heterocycles. The Hall–Kier alpha value is -3.64. The van der Waals surface area contributed by atoms with Gasteiger partial charge in [0.05, 0.1) is 0 Å². The summed E-state index contributed by atoms with van der Waals surface area (Å²) < 4.78 is 8.28. The van der Waals surface area contributed by atoms with Crippen molar-refractivity contribution in [2.75, 3.05) is 20.3 Å². The van der Waals surface area contributed by atoms with E-state index in [-0.39, 0.29) is 6.61 Å². The number of carboxylic acids is 2. The lowest BCUT2D eigenvalue weighted by atomic mass is 10.3. The van der Waals surface area contributed by atoms with Crippen molar-refractivity contribution in [1.29, 1.82) is 0 Å². The van der Waals surface area contributed by atoms with Crippen LogP contribution in [0.1, 0.15) is 6.92 Å². The molecule has 0 amide bonds. The van der Waals surface area contributed by atoms with Crippen LogP contribution in [0.2, 0.25) is 0 Å². The van der Waals surface area contributed by atoms with E-state index in [4.69, 9.17) is 20.4 Å². The van der Waals surface area contributed by atoms with Gasteiger partial charge in [-0.1, -0.05) is 0 Å². The van der Waals surface area contributed by atoms with Crippen molar-refractivity contribution in [2.24, 2.45) is 0 Å². The summed E-state index contributed by atoms with van der Waals surface area (Å²) in [5.41, 5.74) is 0. The van der Waals surface area contributed by atoms with Gasteiger partial charge in [-0.3, -0.25) is 4.79 Å². The first kappa shape index (κ1) is 29.1. The lowest BCUT2D eigenvalue weighted by Crippen LogP contribution is -2.10. The maximum Gasteiger partial charge on any atom is 0.338 e. The summed E-state index contributed by atoms with van der Waals surface area (Å²) in [6.07, 6.45) is 4.70. The van der Waals surface area contributed by atoms with Crippen molar-refractivity contribution < 1.29 is 58.7 Å². The van der Waals surface area contributed by atoms with Crippen molar-refractivity contribution in [2.45, 2.75) is 6.92 Å². The predicted molar refractivity (Wildman–Crippen MR) is 90.7 cm³/mol. The first-order chi connectivity index (χ1) is 13.1. The van der Waals surface area contributed by atoms with E-state index in [2.05, 4.69) is 9.47 Å². The van der Waals surface area contributed by atoms with Gasteiger partial charge in [-0.05, 0) is 13.0 Å². The Bertz CT molecular complexity index is 576. The Kier molecular flexibility index (Phi) is 20.5. The van der Waals surface area contributed by atoms with Crippen molar-refractivity contribution in [1.82, 2.24) is 0 Å². The number of carbonyl (C=O) groups excluding carboxylic acids is 4. The summed E-state index contributed by atoms with van der Waals surface area (Å²) in [5.74, 6) is -5.51. The van der Waals surface area contributed by atoms with Crippen molar-refractivity contribution in [3.8, 4) is 0 Å². The summed E-state index contributed by atoms with van der Waals surface area (Å²) in [6, 6.07) is 0. The van der Waals surface area contributed by atoms with E-state index >= 15 is 0 Å². The number of cyclic esters (lactones) is 2. The van der Waals surface area contributed by atoms with Gasteiger partial charge in [0.2, 0.25) is 0 Å². The Morgan fingerprint density at radius 2 is 1.32 bits per heavy atom. The molecule has 12 heteroatoms. The molecular weight excluding hydrogens is 384 g/mol. The van der Waals surface area contributed by atoms with Crippen LogP contribution in [-0.2, 0) is 38.2 Å². The number of carbonyl (C=O) groups is 6. The molecule has 1 aliphatic heterocycles. The van der Waals surface area contributed by atoms with Crippen LogP contribution in [0.3, 0.4) is 0 Å². The van der Waals surface area contributed by atoms with Crippen LogP contribution in [0.5, 0.6) is 0 Å². The summed E-state index contributed by atoms with van der Waals surface area (Å²) in [7, 11) is 1.00. The zero-order valence-electron chi connectivity index (χ0n) is 14.9. The first-order valence-corrected chi connectivity index (χ1v) is 7.13. The van der Waals surface area contributed by atoms with E-state index in [1.165, 1.54) is 0 Å². The van der Waals surface area contributed by atoms with Gasteiger partial charge in [0.25, 0.3) is 0 Å². The van der Waals surface area contributed by atoms with Crippen LogP contribution in [0.4, 0.5) is 0 Å². The van der Waals surface area contributed by atoms with Gasteiger partial charge >= 0.3 is 29.8 Å². The highest BCUT2D eigenvalue weighted by Crippen LogP contribution is 1.92. The molecule has 1 aliphatic rings. The fraction of sp³-hybridized carbons (Fsp3) is 0.250. The maximum absolute atomic E-state index is 10.8. The Morgan fingerprint density at radius 1 is 0.929 bits per heavy atom. The molecule has 156 valence electrons. The number of ketones is 1. The molecule has 1 heterocycles. The second-order valence-electron chi connectivity index (χ2n) is 3.81. The second kappa shape index (κ2) is 19.7. The van der Waals surface area contributed by atoms with Gasteiger partial charge in [0.1, 0.15) is 0 Å². The predicted octanol–water partition coefficient (Wildman–Crippen LogP) is -1.39. The molecule has 12 nitrogen and oxygen atoms in total. The maximum atomic E-state index is 10.8. The number of ether oxygens (including phenoxy) is 2. The van der Waals surface area contributed by atoms with E-state index in [0.717, 1.165) is 25.3 Å². The Labute approximate surface area is 159 Å². The molecule has 0 radical (unpaired) electrons. The third-order valence-electron chi connectivity index (χ3n) is 1.69. The van der Waals surface area contributed by atoms with Gasteiger partial charge in [-0.15, -0.1) is 0 Å². The largest absolute Gasteiger partial charge is 0.478 e. The van der Waals surface area contributed by atoms with E-state index in [1.54, 1.807) is 6.92 Å². The highest BCUT2D eigenvalue weighted by Gasteiger charge is 2.10. The molecule has 0 unspecified atom stereocenters. The first-order valence-electron chi connectivity index (χ1n) is 7.13. The number of aliphatic hydroxyl groups is 2. The summed E-state index contributed by atoms with van der Waals surface area (Å²) in [6.45, 7) is 1.28. The number of carboxylic acid groups (broad SMARTS) is 2. The molecule has 0 atom stereocenters. The monoisotopic (exact) mass is 404 g/mol. The van der Waals surface area contributed by atoms with Crippen LogP contribution in [0, 0.1) is 0 Å². The zero-order valence-corrected chi connectivity index (χ0v) is 14.9. The number of hydrogen-bond donors (Lipinski definition) is 4. The quantitative estimate of drug-likeness (QED) is 0.230. The summed E-state index contributed by atoms with van der Waals surface area (Å²) >= 11 is 0. The van der Waals surface area contributed by atoms with Crippen LogP contribution in [-0.4, -0.2) is 76.4 Å². The van der Waals surface area contributed by atoms with Crippen molar-refractivity contribution in [3.05, 3.63) is 36.5 Å². The fourth-order valence-corrected chi connectivity index (χ4v) is 0.845. The molecule has 0 fully saturated rings. The van der Waals surface area contributed by atoms with E-state index in [0.29, 0.717) is 18.2 Å². The van der Waals surface area contributed by atoms with Crippen LogP contribution < -0.4 is 0 Å². The number of aliphatic carboxylic acids is 2. The van der Waals surface area contributed by atoms with Gasteiger partial charge in [-0.2, -0.15) is 0 Å². The lowest BCUT2D eigenvalue weighted by Gasteiger charge is -1.96. The molecule has 0 aromatic rings. The van der Waals surface area contributed by atoms with E-state index in [9.17, 15) is 28.8 Å². The Balaban J connectivity index is -0.000000425. The third kappa shape index (κ3) is 24.6. The molecule has 0 aromatic carbocycles. The second-order valence-corrected chi connectivity index (χ2v) is 3.81. The minimum Gasteiger partial charge on any atom is -0.478 e. The molecule has 1 rings (SSSR count). The van der Waals surface area contributed by atoms with E-state index < -0.39 is 42.2 Å². The van der Waals surface area contributed by atoms with Crippen LogP contribution in [0.25, 0.3) is 0 Å². The van der Waals surface area contributed by atoms with Gasteiger partial charge in [0, 0.05) is 44.1 Å². The molecule has 0 spiro atoms. The molecule has 4 N–H and O–H groups in total. The normalized spacial score (nSPS) is 11.3. The van der Waals surface area contributed by atoms with Crippen molar-refractivity contribution in [3.63, 3.8) is 0 Å². The molecular formula is C16H20O12. The molecule has 28 heavy (non-hydrogen) atoms. The average Bonchev–Trinajstić information content (AvgIpc) is 3.02. The highest BCUT2D eigenvalue weighted by atomic mass is 16.6. The Morgan fingerprint density at radius 3 is 1.64 bits per heavy atom. The van der Waals surface area contributed by atoms with Gasteiger partial charge in [-0.25, -0.2) is 24.0 Å². The highest BCUT2D eigenvalue weighted by molar-refractivity contribution is 6.05. The zero-order chi connectivity index (χ0) is 22.5. The SMILES string of the molecule is CCO.CO.O=C(O)/C=C/C(=O)COC(=O)/C=C/C(=O)O.O=C1C=CC(=O)O1. The van der Waals surface area contributed by atoms with Crippen LogP contribution in [0.15, 0.2) is 36.5 Å². The smallest absolute Gasteiger partial charge is 0.338 e. The molecule has 0 bridgehead atoms. The number of aliphatic hydroxyl groups excluding tert-OH is 2. The fourth-order valence-electron chi connectivity index (χ4n) is 0.845. The molecule has 0 saturated heterocycles. The number of hydrogen-bond acceptors (Lipinski definition) is 10.